The van der Waals surface area contributed by atoms with Crippen LogP contribution in [-0.2, 0) is 4.79 Å². The monoisotopic (exact) mass is 433 g/mol. The van der Waals surface area contributed by atoms with E-state index in [4.69, 9.17) is 14.2 Å². The highest BCUT2D eigenvalue weighted by Crippen LogP contribution is 2.38. The molecule has 5 nitrogen and oxygen atoms in total. The number of carbonyl (C=O) groups is 1. The molecule has 176 valence electrons. The zero-order chi connectivity index (χ0) is 23.1. The smallest absolute Gasteiger partial charge is 0.211 e. The van der Waals surface area contributed by atoms with Gasteiger partial charge in [0, 0.05) is 12.1 Å². The molecule has 0 bridgehead atoms. The molecule has 0 saturated heterocycles. The summed E-state index contributed by atoms with van der Waals surface area (Å²) in [6.45, 7) is 6.94. The average molecular weight is 434 g/mol. The number of rotatable bonds is 12. The standard InChI is InChI=1S/C16H30.C10H13NO4/c1-4-5-6-7-8-9-10-16-12-11-14(2)15(3)13-16;1-13-7-4-8(14-2)10(11-6-12)9(5-7)15-3/h16H,4-13H2,1-3H3;4-6H,1-3H3,(H,11,12). The Morgan fingerprint density at radius 3 is 2.06 bits per heavy atom. The van der Waals surface area contributed by atoms with Crippen molar-refractivity contribution in [2.45, 2.75) is 85.0 Å². The van der Waals surface area contributed by atoms with Crippen LogP contribution in [0.3, 0.4) is 0 Å². The van der Waals surface area contributed by atoms with Crippen LogP contribution >= 0.6 is 0 Å². The average Bonchev–Trinajstić information content (AvgIpc) is 2.79. The van der Waals surface area contributed by atoms with Gasteiger partial charge in [0.2, 0.25) is 6.41 Å². The number of carbonyl (C=O) groups excluding carboxylic acids is 1. The van der Waals surface area contributed by atoms with E-state index in [0.717, 1.165) is 5.92 Å². The van der Waals surface area contributed by atoms with Gasteiger partial charge in [0.1, 0.15) is 22.9 Å². The molecule has 0 saturated carbocycles. The van der Waals surface area contributed by atoms with E-state index >= 15 is 0 Å². The van der Waals surface area contributed by atoms with Crippen LogP contribution in [0.5, 0.6) is 17.2 Å². The number of methoxy groups -OCH3 is 3. The molecule has 0 aromatic heterocycles. The van der Waals surface area contributed by atoms with Crippen LogP contribution in [0.15, 0.2) is 23.3 Å². The van der Waals surface area contributed by atoms with Crippen molar-refractivity contribution >= 4 is 12.1 Å². The van der Waals surface area contributed by atoms with Gasteiger partial charge in [-0.3, -0.25) is 4.79 Å². The lowest BCUT2D eigenvalue weighted by atomic mass is 9.82. The van der Waals surface area contributed by atoms with E-state index in [1.165, 1.54) is 78.4 Å². The summed E-state index contributed by atoms with van der Waals surface area (Å²) in [5.74, 6) is 2.58. The first-order valence-electron chi connectivity index (χ1n) is 11.7. The normalized spacial score (nSPS) is 15.6. The van der Waals surface area contributed by atoms with E-state index in [2.05, 4.69) is 26.1 Å². The first-order chi connectivity index (χ1) is 15.0. The fraction of sp³-hybridized carbons (Fsp3) is 0.654. The lowest BCUT2D eigenvalue weighted by molar-refractivity contribution is -0.105. The fourth-order valence-electron chi connectivity index (χ4n) is 4.01. The SMILES string of the molecule is CCCCCCCCC1CCC(C)=C(C)C1.COc1cc(OC)c(NC=O)c(OC)c1. The van der Waals surface area contributed by atoms with Crippen LogP contribution in [0.4, 0.5) is 5.69 Å². The first kappa shape index (κ1) is 26.9. The zero-order valence-corrected chi connectivity index (χ0v) is 20.5. The second-order valence-corrected chi connectivity index (χ2v) is 8.40. The van der Waals surface area contributed by atoms with Gasteiger partial charge in [-0.2, -0.15) is 0 Å². The lowest BCUT2D eigenvalue weighted by Gasteiger charge is -2.24. The molecule has 1 aromatic carbocycles. The summed E-state index contributed by atoms with van der Waals surface area (Å²) < 4.78 is 15.3. The third-order valence-corrected chi connectivity index (χ3v) is 6.14. The number of anilines is 1. The van der Waals surface area contributed by atoms with Gasteiger partial charge in [0.05, 0.1) is 21.3 Å². The fourth-order valence-corrected chi connectivity index (χ4v) is 4.01. The maximum Gasteiger partial charge on any atom is 0.211 e. The summed E-state index contributed by atoms with van der Waals surface area (Å²) in [7, 11) is 4.55. The predicted octanol–water partition coefficient (Wildman–Crippen LogP) is 7.15. The number of amides is 1. The van der Waals surface area contributed by atoms with Crippen molar-refractivity contribution in [2.24, 2.45) is 5.92 Å². The molecular weight excluding hydrogens is 390 g/mol. The summed E-state index contributed by atoms with van der Waals surface area (Å²) in [6, 6.07) is 3.32. The molecule has 0 aliphatic heterocycles. The zero-order valence-electron chi connectivity index (χ0n) is 20.5. The van der Waals surface area contributed by atoms with Crippen molar-refractivity contribution in [1.82, 2.24) is 0 Å². The van der Waals surface area contributed by atoms with Crippen molar-refractivity contribution in [3.63, 3.8) is 0 Å². The largest absolute Gasteiger partial charge is 0.496 e. The molecule has 1 amide bonds. The third kappa shape index (κ3) is 9.67. The second kappa shape index (κ2) is 15.6. The summed E-state index contributed by atoms with van der Waals surface area (Å²) >= 11 is 0. The molecule has 1 aromatic rings. The Kier molecular flexibility index (Phi) is 13.5. The van der Waals surface area contributed by atoms with Gasteiger partial charge >= 0.3 is 0 Å². The molecule has 1 aliphatic rings. The molecule has 0 fully saturated rings. The Labute approximate surface area is 189 Å². The van der Waals surface area contributed by atoms with E-state index in [-0.39, 0.29) is 0 Å². The topological polar surface area (TPSA) is 56.8 Å². The van der Waals surface area contributed by atoms with Gasteiger partial charge in [-0.1, -0.05) is 63.0 Å². The summed E-state index contributed by atoms with van der Waals surface area (Å²) in [5.41, 5.74) is 3.83. The van der Waals surface area contributed by atoms with Crippen LogP contribution in [0.2, 0.25) is 0 Å². The maximum absolute atomic E-state index is 10.4. The predicted molar refractivity (Wildman–Crippen MR) is 129 cm³/mol. The van der Waals surface area contributed by atoms with Crippen LogP contribution in [0.25, 0.3) is 0 Å². The number of hydrogen-bond acceptors (Lipinski definition) is 4. The highest BCUT2D eigenvalue weighted by molar-refractivity contribution is 5.81. The third-order valence-electron chi connectivity index (χ3n) is 6.14. The number of nitrogens with one attached hydrogen (secondary N) is 1. The quantitative estimate of drug-likeness (QED) is 0.216. The van der Waals surface area contributed by atoms with E-state index < -0.39 is 0 Å². The van der Waals surface area contributed by atoms with Crippen molar-refractivity contribution in [3.8, 4) is 17.2 Å². The number of ether oxygens (including phenoxy) is 3. The Bertz CT molecular complexity index is 659. The highest BCUT2D eigenvalue weighted by atomic mass is 16.5. The molecule has 1 atom stereocenters. The van der Waals surface area contributed by atoms with Crippen molar-refractivity contribution < 1.29 is 19.0 Å². The number of hydrogen-bond donors (Lipinski definition) is 1. The minimum atomic E-state index is 0.482. The van der Waals surface area contributed by atoms with Gasteiger partial charge in [0.15, 0.2) is 0 Å². The molecule has 1 unspecified atom stereocenters. The summed E-state index contributed by atoms with van der Waals surface area (Å²) in [4.78, 5) is 10.4. The number of allylic oxidation sites excluding steroid dienone is 2. The Hall–Kier alpha value is -2.17. The second-order valence-electron chi connectivity index (χ2n) is 8.40. The van der Waals surface area contributed by atoms with E-state index in [9.17, 15) is 4.79 Å². The van der Waals surface area contributed by atoms with Gasteiger partial charge < -0.3 is 19.5 Å². The summed E-state index contributed by atoms with van der Waals surface area (Å²) in [6.07, 6.45) is 14.9. The minimum absolute atomic E-state index is 0.482. The van der Waals surface area contributed by atoms with Crippen molar-refractivity contribution in [2.75, 3.05) is 26.6 Å². The molecular formula is C26H43NO4. The van der Waals surface area contributed by atoms with Crippen molar-refractivity contribution in [3.05, 3.63) is 23.3 Å². The number of benzene rings is 1. The van der Waals surface area contributed by atoms with Gasteiger partial charge in [-0.25, -0.2) is 0 Å². The highest BCUT2D eigenvalue weighted by Gasteiger charge is 2.15. The van der Waals surface area contributed by atoms with E-state index in [0.29, 0.717) is 29.3 Å². The Balaban J connectivity index is 0.000000311. The Morgan fingerprint density at radius 1 is 0.935 bits per heavy atom. The van der Waals surface area contributed by atoms with Crippen LogP contribution in [0, 0.1) is 5.92 Å². The first-order valence-corrected chi connectivity index (χ1v) is 11.7. The van der Waals surface area contributed by atoms with Crippen LogP contribution in [-0.4, -0.2) is 27.7 Å². The van der Waals surface area contributed by atoms with Crippen molar-refractivity contribution in [1.29, 1.82) is 0 Å². The molecule has 0 spiro atoms. The molecule has 31 heavy (non-hydrogen) atoms. The molecule has 1 aliphatic carbocycles. The summed E-state index contributed by atoms with van der Waals surface area (Å²) in [5, 5.41) is 2.51. The van der Waals surface area contributed by atoms with Gasteiger partial charge in [-0.15, -0.1) is 0 Å². The molecule has 0 radical (unpaired) electrons. The van der Waals surface area contributed by atoms with E-state index in [1.54, 1.807) is 30.4 Å². The molecule has 0 heterocycles. The van der Waals surface area contributed by atoms with Crippen LogP contribution in [0.1, 0.15) is 85.0 Å². The molecule has 2 rings (SSSR count). The molecule has 1 N–H and O–H groups in total. The maximum atomic E-state index is 10.4. The van der Waals surface area contributed by atoms with Gasteiger partial charge in [0.25, 0.3) is 0 Å². The lowest BCUT2D eigenvalue weighted by Crippen LogP contribution is -2.08. The molecule has 5 heteroatoms. The van der Waals surface area contributed by atoms with E-state index in [1.807, 2.05) is 0 Å². The minimum Gasteiger partial charge on any atom is -0.496 e. The number of unbranched alkanes of at least 4 members (excludes halogenated alkanes) is 5. The van der Waals surface area contributed by atoms with Crippen LogP contribution < -0.4 is 19.5 Å². The Morgan fingerprint density at radius 2 is 1.55 bits per heavy atom. The van der Waals surface area contributed by atoms with Gasteiger partial charge in [-0.05, 0) is 39.0 Å².